The summed E-state index contributed by atoms with van der Waals surface area (Å²) in [5.74, 6) is -0.170. The monoisotopic (exact) mass is 357 g/mol. The Kier molecular flexibility index (Phi) is 5.59. The molecule has 0 aromatic heterocycles. The summed E-state index contributed by atoms with van der Waals surface area (Å²) >= 11 is 0. The zero-order valence-corrected chi connectivity index (χ0v) is 15.4. The zero-order valence-electron chi connectivity index (χ0n) is 15.4. The summed E-state index contributed by atoms with van der Waals surface area (Å²) in [4.78, 5) is 40.4. The SMILES string of the molecule is CCN(CCc1ccccc1)C(=O)CCN1C(=O)NC2(CCCC2)C1=O. The molecule has 1 aliphatic heterocycles. The van der Waals surface area contributed by atoms with E-state index in [0.29, 0.717) is 25.9 Å². The molecular weight excluding hydrogens is 330 g/mol. The molecule has 2 aliphatic rings. The third-order valence-corrected chi connectivity index (χ3v) is 5.50. The maximum Gasteiger partial charge on any atom is 0.325 e. The van der Waals surface area contributed by atoms with Gasteiger partial charge in [0.2, 0.25) is 5.91 Å². The second kappa shape index (κ2) is 7.89. The molecule has 0 unspecified atom stereocenters. The van der Waals surface area contributed by atoms with Gasteiger partial charge in [-0.25, -0.2) is 4.79 Å². The lowest BCUT2D eigenvalue weighted by Crippen LogP contribution is -2.44. The molecule has 0 bridgehead atoms. The zero-order chi connectivity index (χ0) is 18.6. The molecule has 6 nitrogen and oxygen atoms in total. The molecule has 0 radical (unpaired) electrons. The van der Waals surface area contributed by atoms with Crippen molar-refractivity contribution in [3.05, 3.63) is 35.9 Å². The minimum atomic E-state index is -0.697. The highest BCUT2D eigenvalue weighted by Gasteiger charge is 2.52. The van der Waals surface area contributed by atoms with E-state index in [1.807, 2.05) is 37.3 Å². The largest absolute Gasteiger partial charge is 0.343 e. The van der Waals surface area contributed by atoms with Gasteiger partial charge >= 0.3 is 6.03 Å². The minimum Gasteiger partial charge on any atom is -0.343 e. The van der Waals surface area contributed by atoms with Gasteiger partial charge in [-0.05, 0) is 31.7 Å². The number of likely N-dealkylation sites (N-methyl/N-ethyl adjacent to an activating group) is 1. The summed E-state index contributed by atoms with van der Waals surface area (Å²) in [5.41, 5.74) is 0.494. The van der Waals surface area contributed by atoms with Crippen LogP contribution in [0.25, 0.3) is 0 Å². The highest BCUT2D eigenvalue weighted by atomic mass is 16.2. The van der Waals surface area contributed by atoms with Gasteiger partial charge in [0.25, 0.3) is 5.91 Å². The van der Waals surface area contributed by atoms with Crippen LogP contribution in [-0.2, 0) is 16.0 Å². The number of urea groups is 1. The molecule has 1 heterocycles. The van der Waals surface area contributed by atoms with E-state index < -0.39 is 5.54 Å². The Morgan fingerprint density at radius 2 is 1.88 bits per heavy atom. The van der Waals surface area contributed by atoms with Crippen molar-refractivity contribution in [2.45, 2.75) is 51.0 Å². The number of hydrogen-bond acceptors (Lipinski definition) is 3. The van der Waals surface area contributed by atoms with E-state index in [1.165, 1.54) is 10.5 Å². The number of carbonyl (C=O) groups is 3. The van der Waals surface area contributed by atoms with Crippen molar-refractivity contribution in [1.82, 2.24) is 15.1 Å². The predicted molar refractivity (Wildman–Crippen MR) is 98.5 cm³/mol. The van der Waals surface area contributed by atoms with Crippen LogP contribution in [0.15, 0.2) is 30.3 Å². The van der Waals surface area contributed by atoms with Crippen molar-refractivity contribution >= 4 is 17.8 Å². The fourth-order valence-corrected chi connectivity index (χ4v) is 3.93. The Balaban J connectivity index is 1.52. The van der Waals surface area contributed by atoms with Crippen LogP contribution in [0.2, 0.25) is 0 Å². The van der Waals surface area contributed by atoms with Gasteiger partial charge in [0.05, 0.1) is 0 Å². The Morgan fingerprint density at radius 3 is 2.54 bits per heavy atom. The summed E-state index contributed by atoms with van der Waals surface area (Å²) in [7, 11) is 0. The van der Waals surface area contributed by atoms with E-state index in [9.17, 15) is 14.4 Å². The maximum absolute atomic E-state index is 12.6. The summed E-state index contributed by atoms with van der Waals surface area (Å²) in [5, 5.41) is 2.86. The summed E-state index contributed by atoms with van der Waals surface area (Å²) in [6, 6.07) is 9.70. The number of nitrogens with zero attached hydrogens (tertiary/aromatic N) is 2. The van der Waals surface area contributed by atoms with Gasteiger partial charge in [-0.3, -0.25) is 14.5 Å². The van der Waals surface area contributed by atoms with E-state index in [0.717, 1.165) is 19.3 Å². The molecule has 3 rings (SSSR count). The predicted octanol–water partition coefficient (Wildman–Crippen LogP) is 2.33. The molecule has 0 atom stereocenters. The summed E-state index contributed by atoms with van der Waals surface area (Å²) in [6.07, 6.45) is 4.31. The molecule has 26 heavy (non-hydrogen) atoms. The fourth-order valence-electron chi connectivity index (χ4n) is 3.93. The molecule has 1 saturated carbocycles. The van der Waals surface area contributed by atoms with Crippen molar-refractivity contribution in [2.24, 2.45) is 0 Å². The van der Waals surface area contributed by atoms with E-state index in [-0.39, 0.29) is 30.8 Å². The normalized spacial score (nSPS) is 18.4. The average Bonchev–Trinajstić information content (AvgIpc) is 3.21. The van der Waals surface area contributed by atoms with Crippen molar-refractivity contribution in [2.75, 3.05) is 19.6 Å². The van der Waals surface area contributed by atoms with Gasteiger partial charge in [-0.1, -0.05) is 43.2 Å². The molecule has 4 amide bonds. The van der Waals surface area contributed by atoms with Crippen LogP contribution in [0.1, 0.15) is 44.6 Å². The van der Waals surface area contributed by atoms with Crippen molar-refractivity contribution < 1.29 is 14.4 Å². The molecule has 1 spiro atoms. The quantitative estimate of drug-likeness (QED) is 0.762. The molecule has 2 fully saturated rings. The first kappa shape index (κ1) is 18.4. The van der Waals surface area contributed by atoms with Gasteiger partial charge in [-0.2, -0.15) is 0 Å². The Morgan fingerprint density at radius 1 is 1.19 bits per heavy atom. The third-order valence-electron chi connectivity index (χ3n) is 5.50. The molecule has 1 aliphatic carbocycles. The topological polar surface area (TPSA) is 69.7 Å². The number of nitrogens with one attached hydrogen (secondary N) is 1. The first-order valence-electron chi connectivity index (χ1n) is 9.51. The lowest BCUT2D eigenvalue weighted by Gasteiger charge is -2.23. The number of amides is 4. The maximum atomic E-state index is 12.6. The number of benzene rings is 1. The highest BCUT2D eigenvalue weighted by Crippen LogP contribution is 2.35. The number of imide groups is 1. The fraction of sp³-hybridized carbons (Fsp3) is 0.550. The molecule has 1 N–H and O–H groups in total. The third kappa shape index (κ3) is 3.74. The van der Waals surface area contributed by atoms with E-state index >= 15 is 0 Å². The Bertz CT molecular complexity index is 668. The molecule has 6 heteroatoms. The number of hydrogen-bond donors (Lipinski definition) is 1. The van der Waals surface area contributed by atoms with Crippen molar-refractivity contribution in [1.29, 1.82) is 0 Å². The Labute approximate surface area is 154 Å². The molecule has 1 aromatic carbocycles. The number of carbonyl (C=O) groups excluding carboxylic acids is 3. The van der Waals surface area contributed by atoms with E-state index in [2.05, 4.69) is 5.32 Å². The van der Waals surface area contributed by atoms with Gasteiger partial charge in [0.15, 0.2) is 0 Å². The van der Waals surface area contributed by atoms with Crippen LogP contribution >= 0.6 is 0 Å². The highest BCUT2D eigenvalue weighted by molar-refractivity contribution is 6.07. The average molecular weight is 357 g/mol. The first-order chi connectivity index (χ1) is 12.6. The van der Waals surface area contributed by atoms with Crippen LogP contribution < -0.4 is 5.32 Å². The summed E-state index contributed by atoms with van der Waals surface area (Å²) < 4.78 is 0. The van der Waals surface area contributed by atoms with Crippen LogP contribution in [0.4, 0.5) is 4.79 Å². The lowest BCUT2D eigenvalue weighted by molar-refractivity contribution is -0.133. The lowest BCUT2D eigenvalue weighted by atomic mass is 9.98. The smallest absolute Gasteiger partial charge is 0.325 e. The standard InChI is InChI=1S/C20H27N3O3/c1-2-22(14-10-16-8-4-3-5-9-16)17(24)11-15-23-18(25)20(21-19(23)26)12-6-7-13-20/h3-5,8-9H,2,6-7,10-15H2,1H3,(H,21,26). The summed E-state index contributed by atoms with van der Waals surface area (Å²) in [6.45, 7) is 3.37. The van der Waals surface area contributed by atoms with Crippen LogP contribution in [0.5, 0.6) is 0 Å². The van der Waals surface area contributed by atoms with Gasteiger partial charge in [-0.15, -0.1) is 0 Å². The van der Waals surface area contributed by atoms with E-state index in [1.54, 1.807) is 4.90 Å². The molecule has 140 valence electrons. The van der Waals surface area contributed by atoms with Crippen LogP contribution in [-0.4, -0.2) is 52.8 Å². The second-order valence-corrected chi connectivity index (χ2v) is 7.14. The van der Waals surface area contributed by atoms with Crippen LogP contribution in [0.3, 0.4) is 0 Å². The van der Waals surface area contributed by atoms with Crippen LogP contribution in [0, 0.1) is 0 Å². The molecule has 1 saturated heterocycles. The van der Waals surface area contributed by atoms with Gasteiger partial charge in [0, 0.05) is 26.1 Å². The number of rotatable bonds is 7. The molecular formula is C20H27N3O3. The van der Waals surface area contributed by atoms with E-state index in [4.69, 9.17) is 0 Å². The second-order valence-electron chi connectivity index (χ2n) is 7.14. The molecule has 1 aromatic rings. The van der Waals surface area contributed by atoms with Crippen molar-refractivity contribution in [3.8, 4) is 0 Å². The Hall–Kier alpha value is -2.37. The minimum absolute atomic E-state index is 0.0172. The van der Waals surface area contributed by atoms with Gasteiger partial charge in [0.1, 0.15) is 5.54 Å². The van der Waals surface area contributed by atoms with Crippen molar-refractivity contribution in [3.63, 3.8) is 0 Å². The first-order valence-corrected chi connectivity index (χ1v) is 9.51. The van der Waals surface area contributed by atoms with Gasteiger partial charge < -0.3 is 10.2 Å².